The molecule has 0 unspecified atom stereocenters. The van der Waals surface area contributed by atoms with Gasteiger partial charge in [-0.1, -0.05) is 0 Å². The number of aromatic nitrogens is 4. The van der Waals surface area contributed by atoms with Gasteiger partial charge in [0.15, 0.2) is 11.2 Å². The van der Waals surface area contributed by atoms with E-state index in [1.54, 1.807) is 0 Å². The number of aromatic amines is 1. The first-order valence-corrected chi connectivity index (χ1v) is 6.48. The number of sulfone groups is 1. The van der Waals surface area contributed by atoms with Crippen molar-refractivity contribution in [1.82, 2.24) is 19.1 Å². The lowest BCUT2D eigenvalue weighted by Crippen LogP contribution is -2.33. The number of aryl methyl sites for hydroxylation is 1. The summed E-state index contributed by atoms with van der Waals surface area (Å²) in [6, 6.07) is 0. The van der Waals surface area contributed by atoms with Crippen molar-refractivity contribution in [3.63, 3.8) is 0 Å². The fourth-order valence-electron chi connectivity index (χ4n) is 1.58. The number of nitrogens with zero attached hydrogens (tertiary/aromatic N) is 3. The molecule has 0 spiro atoms. The van der Waals surface area contributed by atoms with Crippen LogP contribution in [0.2, 0.25) is 0 Å². The van der Waals surface area contributed by atoms with Gasteiger partial charge in [-0.05, 0) is 0 Å². The van der Waals surface area contributed by atoms with Gasteiger partial charge in [-0.25, -0.2) is 13.2 Å². The zero-order valence-electron chi connectivity index (χ0n) is 9.38. The van der Waals surface area contributed by atoms with Crippen LogP contribution in [0.1, 0.15) is 0 Å². The Morgan fingerprint density at radius 2 is 1.76 bits per heavy atom. The largest absolute Gasteiger partial charge is 0.329 e. The van der Waals surface area contributed by atoms with Crippen LogP contribution < -0.4 is 11.2 Å². The highest BCUT2D eigenvalue weighted by Crippen LogP contribution is 2.11. The van der Waals surface area contributed by atoms with E-state index in [-0.39, 0.29) is 16.3 Å². The Bertz CT molecular complexity index is 824. The smallest absolute Gasteiger partial charge is 0.312 e. The number of fused-ring (bicyclic) bond motifs is 1. The van der Waals surface area contributed by atoms with Gasteiger partial charge in [0.25, 0.3) is 5.56 Å². The predicted octanol–water partition coefficient (Wildman–Crippen LogP) is -1.64. The van der Waals surface area contributed by atoms with Crippen LogP contribution in [-0.2, 0) is 23.9 Å². The molecule has 0 radical (unpaired) electrons. The van der Waals surface area contributed by atoms with E-state index in [1.165, 1.54) is 14.1 Å². The van der Waals surface area contributed by atoms with Crippen LogP contribution in [0.5, 0.6) is 0 Å². The van der Waals surface area contributed by atoms with Crippen molar-refractivity contribution >= 4 is 21.0 Å². The molecule has 0 bridgehead atoms. The highest BCUT2D eigenvalue weighted by molar-refractivity contribution is 7.90. The summed E-state index contributed by atoms with van der Waals surface area (Å²) < 4.78 is 24.9. The van der Waals surface area contributed by atoms with Crippen molar-refractivity contribution in [2.24, 2.45) is 14.1 Å². The maximum Gasteiger partial charge on any atom is 0.329 e. The minimum absolute atomic E-state index is 0.0268. The second-order valence-corrected chi connectivity index (χ2v) is 5.63. The Morgan fingerprint density at radius 1 is 1.18 bits per heavy atom. The second kappa shape index (κ2) is 3.29. The van der Waals surface area contributed by atoms with Crippen molar-refractivity contribution in [2.45, 2.75) is 5.16 Å². The van der Waals surface area contributed by atoms with Crippen molar-refractivity contribution in [2.75, 3.05) is 6.26 Å². The summed E-state index contributed by atoms with van der Waals surface area (Å²) in [5.74, 6) is 0. The number of H-pyrrole nitrogens is 1. The first-order valence-electron chi connectivity index (χ1n) is 4.59. The summed E-state index contributed by atoms with van der Waals surface area (Å²) in [7, 11) is -0.849. The number of hydrogen-bond acceptors (Lipinski definition) is 5. The predicted molar refractivity (Wildman–Crippen MR) is 59.7 cm³/mol. The maximum absolute atomic E-state index is 11.8. The molecule has 0 aliphatic rings. The van der Waals surface area contributed by atoms with E-state index in [2.05, 4.69) is 9.97 Å². The fourth-order valence-corrected chi connectivity index (χ4v) is 2.42. The van der Waals surface area contributed by atoms with Crippen LogP contribution in [0.4, 0.5) is 0 Å². The molecule has 0 saturated carbocycles. The highest BCUT2D eigenvalue weighted by Gasteiger charge is 2.20. The number of hydrogen-bond donors (Lipinski definition) is 1. The van der Waals surface area contributed by atoms with E-state index in [1.807, 2.05) is 0 Å². The molecule has 0 aromatic carbocycles. The molecule has 2 rings (SSSR count). The lowest BCUT2D eigenvalue weighted by Gasteiger charge is -1.99. The van der Waals surface area contributed by atoms with E-state index in [0.717, 1.165) is 15.4 Å². The molecule has 17 heavy (non-hydrogen) atoms. The Morgan fingerprint density at radius 3 is 2.29 bits per heavy atom. The molecule has 0 aliphatic heterocycles. The van der Waals surface area contributed by atoms with E-state index in [4.69, 9.17) is 0 Å². The minimum Gasteiger partial charge on any atom is -0.312 e. The normalized spacial score (nSPS) is 12.2. The Balaban J connectivity index is 3.10. The van der Waals surface area contributed by atoms with Gasteiger partial charge in [0.2, 0.25) is 15.0 Å². The Labute approximate surface area is 95.4 Å². The fraction of sp³-hybridized carbons (Fsp3) is 0.375. The van der Waals surface area contributed by atoms with Crippen LogP contribution in [0.3, 0.4) is 0 Å². The van der Waals surface area contributed by atoms with E-state index >= 15 is 0 Å². The van der Waals surface area contributed by atoms with Crippen LogP contribution in [0.15, 0.2) is 14.7 Å². The molecule has 8 nitrogen and oxygen atoms in total. The molecule has 9 heteroatoms. The lowest BCUT2D eigenvalue weighted by molar-refractivity contribution is 0.586. The summed E-state index contributed by atoms with van der Waals surface area (Å²) in [6.07, 6.45) is 0.983. The Kier molecular flexibility index (Phi) is 2.24. The van der Waals surface area contributed by atoms with Crippen LogP contribution >= 0.6 is 0 Å². The van der Waals surface area contributed by atoms with E-state index in [0.29, 0.717) is 0 Å². The van der Waals surface area contributed by atoms with Crippen molar-refractivity contribution < 1.29 is 8.42 Å². The molecule has 0 saturated heterocycles. The highest BCUT2D eigenvalue weighted by atomic mass is 32.2. The van der Waals surface area contributed by atoms with E-state index in [9.17, 15) is 18.0 Å². The average Bonchev–Trinajstić information content (AvgIpc) is 2.52. The summed E-state index contributed by atoms with van der Waals surface area (Å²) >= 11 is 0. The first-order chi connectivity index (χ1) is 7.73. The second-order valence-electron chi connectivity index (χ2n) is 3.72. The molecular formula is C8H10N4O4S. The van der Waals surface area contributed by atoms with Gasteiger partial charge >= 0.3 is 5.69 Å². The van der Waals surface area contributed by atoms with Crippen molar-refractivity contribution in [3.8, 4) is 0 Å². The van der Waals surface area contributed by atoms with Gasteiger partial charge in [0, 0.05) is 20.4 Å². The third-order valence-corrected chi connectivity index (χ3v) is 3.45. The van der Waals surface area contributed by atoms with Crippen LogP contribution in [-0.4, -0.2) is 33.8 Å². The molecule has 0 aliphatic carbocycles. The van der Waals surface area contributed by atoms with Crippen LogP contribution in [0, 0.1) is 0 Å². The Hall–Kier alpha value is -1.90. The number of nitrogens with one attached hydrogen (secondary N) is 1. The maximum atomic E-state index is 11.8. The third-order valence-electron chi connectivity index (χ3n) is 2.42. The van der Waals surface area contributed by atoms with Gasteiger partial charge < -0.3 is 4.57 Å². The standard InChI is InChI=1S/C8H10N4O4S/c1-11-4-5(10-8(11)17(3,15)16)9-7(14)12(2)6(4)13/h1-3H3,(H,9,14). The third kappa shape index (κ3) is 1.58. The molecule has 0 amide bonds. The monoisotopic (exact) mass is 258 g/mol. The number of rotatable bonds is 1. The molecule has 2 aromatic heterocycles. The van der Waals surface area contributed by atoms with Gasteiger partial charge in [0.05, 0.1) is 0 Å². The van der Waals surface area contributed by atoms with Crippen molar-refractivity contribution in [1.29, 1.82) is 0 Å². The van der Waals surface area contributed by atoms with Gasteiger partial charge in [-0.2, -0.15) is 4.98 Å². The molecular weight excluding hydrogens is 248 g/mol. The molecule has 92 valence electrons. The quantitative estimate of drug-likeness (QED) is 0.660. The zero-order chi connectivity index (χ0) is 13.0. The SMILES string of the molecule is Cn1c(=O)[nH]c2nc(S(C)(=O)=O)n(C)c2c1=O. The molecule has 2 heterocycles. The van der Waals surface area contributed by atoms with Crippen LogP contribution in [0.25, 0.3) is 11.2 Å². The molecule has 2 aromatic rings. The molecule has 1 N–H and O–H groups in total. The van der Waals surface area contributed by atoms with E-state index < -0.39 is 21.1 Å². The van der Waals surface area contributed by atoms with Crippen molar-refractivity contribution in [3.05, 3.63) is 20.8 Å². The minimum atomic E-state index is -3.56. The average molecular weight is 258 g/mol. The number of imidazole rings is 1. The summed E-state index contributed by atoms with van der Waals surface area (Å²) in [6.45, 7) is 0. The van der Waals surface area contributed by atoms with Gasteiger partial charge in [-0.15, -0.1) is 0 Å². The summed E-state index contributed by atoms with van der Waals surface area (Å²) in [5.41, 5.74) is -1.21. The summed E-state index contributed by atoms with van der Waals surface area (Å²) in [4.78, 5) is 29.2. The molecule has 0 atom stereocenters. The lowest BCUT2D eigenvalue weighted by atomic mass is 10.5. The van der Waals surface area contributed by atoms with Gasteiger partial charge in [-0.3, -0.25) is 14.3 Å². The zero-order valence-corrected chi connectivity index (χ0v) is 10.2. The molecule has 0 fully saturated rings. The topological polar surface area (TPSA) is 107 Å². The van der Waals surface area contributed by atoms with Gasteiger partial charge in [0.1, 0.15) is 0 Å². The summed E-state index contributed by atoms with van der Waals surface area (Å²) in [5, 5.41) is -0.258. The first kappa shape index (κ1) is 11.6.